The largest absolute Gasteiger partial charge is 0.372 e. The highest BCUT2D eigenvalue weighted by molar-refractivity contribution is 9.08. The maximum Gasteiger partial charge on any atom is 0.101 e. The van der Waals surface area contributed by atoms with Crippen LogP contribution in [0.2, 0.25) is 0 Å². The van der Waals surface area contributed by atoms with Gasteiger partial charge in [-0.2, -0.15) is 5.26 Å². The van der Waals surface area contributed by atoms with Crippen LogP contribution >= 0.6 is 15.9 Å². The summed E-state index contributed by atoms with van der Waals surface area (Å²) in [5.74, 6) is 0. The minimum absolute atomic E-state index is 0.205. The summed E-state index contributed by atoms with van der Waals surface area (Å²) in [6.45, 7) is 5.82. The Morgan fingerprint density at radius 1 is 1.39 bits per heavy atom. The molecule has 0 radical (unpaired) electrons. The molecule has 0 N–H and O–H groups in total. The Morgan fingerprint density at radius 3 is 2.61 bits per heavy atom. The van der Waals surface area contributed by atoms with Crippen molar-refractivity contribution in [2.24, 2.45) is 0 Å². The van der Waals surface area contributed by atoms with E-state index in [2.05, 4.69) is 46.8 Å². The molecule has 0 spiro atoms. The molecule has 1 heterocycles. The second-order valence-corrected chi connectivity index (χ2v) is 5.32. The van der Waals surface area contributed by atoms with E-state index in [9.17, 15) is 5.26 Å². The number of benzene rings is 1. The van der Waals surface area contributed by atoms with Crippen molar-refractivity contribution in [2.75, 3.05) is 18.0 Å². The Morgan fingerprint density at radius 2 is 2.06 bits per heavy atom. The number of alkyl halides is 1. The fourth-order valence-electron chi connectivity index (χ4n) is 2.41. The molecule has 3 nitrogen and oxygen atoms in total. The molecule has 4 heteroatoms. The van der Waals surface area contributed by atoms with Crippen LogP contribution in [0.25, 0.3) is 0 Å². The summed E-state index contributed by atoms with van der Waals surface area (Å²) in [5.41, 5.74) is 2.89. The van der Waals surface area contributed by atoms with Gasteiger partial charge in [-0.05, 0) is 31.5 Å². The van der Waals surface area contributed by atoms with Crippen LogP contribution in [-0.2, 0) is 10.1 Å². The first kappa shape index (κ1) is 13.4. The summed E-state index contributed by atoms with van der Waals surface area (Å²) in [4.78, 5) is 2.25. The van der Waals surface area contributed by atoms with E-state index in [0.29, 0.717) is 0 Å². The molecule has 1 fully saturated rings. The number of anilines is 1. The fraction of sp³-hybridized carbons (Fsp3) is 0.500. The zero-order valence-corrected chi connectivity index (χ0v) is 12.3. The van der Waals surface area contributed by atoms with Gasteiger partial charge in [0.15, 0.2) is 0 Å². The Bertz CT molecular complexity index is 459. The van der Waals surface area contributed by atoms with Gasteiger partial charge in [0.05, 0.1) is 23.5 Å². The van der Waals surface area contributed by atoms with Crippen LogP contribution in [0.1, 0.15) is 25.0 Å². The van der Waals surface area contributed by atoms with E-state index in [1.807, 2.05) is 12.1 Å². The Kier molecular flexibility index (Phi) is 4.26. The van der Waals surface area contributed by atoms with E-state index in [0.717, 1.165) is 35.2 Å². The molecule has 96 valence electrons. The van der Waals surface area contributed by atoms with Gasteiger partial charge in [0.1, 0.15) is 6.07 Å². The Hall–Kier alpha value is -1.05. The summed E-state index contributed by atoms with van der Waals surface area (Å²) in [7, 11) is 0. The van der Waals surface area contributed by atoms with Crippen LogP contribution in [0, 0.1) is 11.3 Å². The molecule has 1 aliphatic rings. The first-order chi connectivity index (χ1) is 8.63. The Balaban J connectivity index is 2.30. The highest BCUT2D eigenvalue weighted by Crippen LogP contribution is 2.25. The molecule has 1 aromatic carbocycles. The first-order valence-electron chi connectivity index (χ1n) is 6.13. The van der Waals surface area contributed by atoms with Crippen molar-refractivity contribution in [2.45, 2.75) is 31.4 Å². The lowest BCUT2D eigenvalue weighted by molar-refractivity contribution is -0.00522. The van der Waals surface area contributed by atoms with E-state index in [1.54, 1.807) is 0 Å². The maximum absolute atomic E-state index is 9.28. The van der Waals surface area contributed by atoms with Gasteiger partial charge in [-0.25, -0.2) is 0 Å². The lowest BCUT2D eigenvalue weighted by atomic mass is 10.1. The van der Waals surface area contributed by atoms with Crippen LogP contribution < -0.4 is 4.90 Å². The van der Waals surface area contributed by atoms with E-state index >= 15 is 0 Å². The summed E-state index contributed by atoms with van der Waals surface area (Å²) in [6.07, 6.45) is 0.410. The van der Waals surface area contributed by atoms with Crippen molar-refractivity contribution in [3.8, 4) is 6.07 Å². The van der Waals surface area contributed by atoms with Gasteiger partial charge in [-0.1, -0.05) is 22.0 Å². The van der Waals surface area contributed by atoms with Crippen molar-refractivity contribution in [1.29, 1.82) is 5.26 Å². The lowest BCUT2D eigenvalue weighted by Crippen LogP contribution is -2.45. The monoisotopic (exact) mass is 308 g/mol. The summed E-state index contributed by atoms with van der Waals surface area (Å²) >= 11 is 3.42. The number of ether oxygens (including phenoxy) is 1. The molecule has 0 aromatic heterocycles. The van der Waals surface area contributed by atoms with Gasteiger partial charge < -0.3 is 9.64 Å². The molecular weight excluding hydrogens is 292 g/mol. The average Bonchev–Trinajstić information content (AvgIpc) is 2.36. The number of halogens is 1. The van der Waals surface area contributed by atoms with Gasteiger partial charge in [-0.15, -0.1) is 0 Å². The van der Waals surface area contributed by atoms with Crippen molar-refractivity contribution in [3.05, 3.63) is 29.3 Å². The van der Waals surface area contributed by atoms with Crippen molar-refractivity contribution < 1.29 is 4.74 Å². The van der Waals surface area contributed by atoms with E-state index < -0.39 is 0 Å². The number of hydrogen-bond acceptors (Lipinski definition) is 3. The normalized spacial score (nSPS) is 23.8. The molecule has 1 aromatic rings. The maximum atomic E-state index is 9.28. The highest BCUT2D eigenvalue weighted by atomic mass is 79.9. The topological polar surface area (TPSA) is 36.3 Å². The second-order valence-electron chi connectivity index (χ2n) is 4.76. The summed E-state index contributed by atoms with van der Waals surface area (Å²) in [5, 5.41) is 10.1. The molecular formula is C14H17BrN2O. The SMILES string of the molecule is CC1CN(c2ccc(CBr)cc2C#N)CC(C)O1. The van der Waals surface area contributed by atoms with E-state index in [-0.39, 0.29) is 12.2 Å². The summed E-state index contributed by atoms with van der Waals surface area (Å²) in [6, 6.07) is 8.35. The molecule has 0 amide bonds. The predicted octanol–water partition coefficient (Wildman–Crippen LogP) is 3.07. The average molecular weight is 309 g/mol. The van der Waals surface area contributed by atoms with Gasteiger partial charge in [-0.3, -0.25) is 0 Å². The molecule has 18 heavy (non-hydrogen) atoms. The van der Waals surface area contributed by atoms with E-state index in [1.165, 1.54) is 0 Å². The van der Waals surface area contributed by atoms with Crippen molar-refractivity contribution in [3.63, 3.8) is 0 Å². The molecule has 1 aliphatic heterocycles. The van der Waals surface area contributed by atoms with Crippen LogP contribution in [0.4, 0.5) is 5.69 Å². The molecule has 2 atom stereocenters. The number of hydrogen-bond donors (Lipinski definition) is 0. The van der Waals surface area contributed by atoms with Gasteiger partial charge in [0.2, 0.25) is 0 Å². The van der Waals surface area contributed by atoms with Crippen LogP contribution in [0.5, 0.6) is 0 Å². The lowest BCUT2D eigenvalue weighted by Gasteiger charge is -2.37. The second kappa shape index (κ2) is 5.73. The van der Waals surface area contributed by atoms with Gasteiger partial charge in [0, 0.05) is 18.4 Å². The molecule has 0 saturated carbocycles. The molecule has 2 unspecified atom stereocenters. The Labute approximate surface area is 116 Å². The van der Waals surface area contributed by atoms with Crippen molar-refractivity contribution in [1.82, 2.24) is 0 Å². The van der Waals surface area contributed by atoms with E-state index in [4.69, 9.17) is 4.74 Å². The molecule has 0 bridgehead atoms. The fourth-order valence-corrected chi connectivity index (χ4v) is 2.75. The molecule has 0 aliphatic carbocycles. The minimum Gasteiger partial charge on any atom is -0.372 e. The van der Waals surface area contributed by atoms with Crippen molar-refractivity contribution >= 4 is 21.6 Å². The van der Waals surface area contributed by atoms with Crippen LogP contribution in [-0.4, -0.2) is 25.3 Å². The zero-order valence-electron chi connectivity index (χ0n) is 10.7. The van der Waals surface area contributed by atoms with Crippen LogP contribution in [0.15, 0.2) is 18.2 Å². The predicted molar refractivity (Wildman–Crippen MR) is 76.0 cm³/mol. The third-order valence-corrected chi connectivity index (χ3v) is 3.74. The number of rotatable bonds is 2. The number of morpholine rings is 1. The third-order valence-electron chi connectivity index (χ3n) is 3.10. The van der Waals surface area contributed by atoms with Gasteiger partial charge >= 0.3 is 0 Å². The van der Waals surface area contributed by atoms with Gasteiger partial charge in [0.25, 0.3) is 0 Å². The number of nitrogens with zero attached hydrogens (tertiary/aromatic N) is 2. The molecule has 1 saturated heterocycles. The highest BCUT2D eigenvalue weighted by Gasteiger charge is 2.23. The van der Waals surface area contributed by atoms with Crippen LogP contribution in [0.3, 0.4) is 0 Å². The molecule has 2 rings (SSSR count). The zero-order chi connectivity index (χ0) is 13.1. The minimum atomic E-state index is 0.205. The standard InChI is InChI=1S/C14H17BrN2O/c1-10-8-17(9-11(2)18-10)14-4-3-12(6-15)5-13(14)7-16/h3-5,10-11H,6,8-9H2,1-2H3. The smallest absolute Gasteiger partial charge is 0.101 e. The summed E-state index contributed by atoms with van der Waals surface area (Å²) < 4.78 is 5.72. The first-order valence-corrected chi connectivity index (χ1v) is 7.25. The number of nitriles is 1. The third kappa shape index (κ3) is 2.85. The quantitative estimate of drug-likeness (QED) is 0.788.